The second-order valence-electron chi connectivity index (χ2n) is 5.83. The molecule has 0 saturated carbocycles. The third kappa shape index (κ3) is 3.03. The summed E-state index contributed by atoms with van der Waals surface area (Å²) in [6, 6.07) is 2.90. The Bertz CT molecular complexity index is 839. The first-order valence-electron chi connectivity index (χ1n) is 8.05. The number of carbonyl (C=O) groups excluding carboxylic acids is 3. The van der Waals surface area contributed by atoms with Crippen molar-refractivity contribution in [1.82, 2.24) is 20.2 Å². The van der Waals surface area contributed by atoms with Gasteiger partial charge >= 0.3 is 5.97 Å². The number of aryl methyl sites for hydroxylation is 2. The number of hydrogen-bond acceptors (Lipinski definition) is 7. The van der Waals surface area contributed by atoms with Crippen LogP contribution >= 0.6 is 0 Å². The lowest BCUT2D eigenvalue weighted by Crippen LogP contribution is -2.45. The fourth-order valence-electron chi connectivity index (χ4n) is 2.84. The summed E-state index contributed by atoms with van der Waals surface area (Å²) >= 11 is 0. The van der Waals surface area contributed by atoms with Gasteiger partial charge in [-0.15, -0.1) is 0 Å². The van der Waals surface area contributed by atoms with Crippen LogP contribution in [-0.2, 0) is 4.74 Å². The second kappa shape index (κ2) is 6.95. The molecule has 1 aliphatic heterocycles. The van der Waals surface area contributed by atoms with Crippen LogP contribution in [0.5, 0.6) is 0 Å². The quantitative estimate of drug-likeness (QED) is 0.763. The molecule has 9 heteroatoms. The molecule has 3 heterocycles. The number of amides is 2. The van der Waals surface area contributed by atoms with Gasteiger partial charge < -0.3 is 9.26 Å². The molecule has 136 valence electrons. The summed E-state index contributed by atoms with van der Waals surface area (Å²) in [5.74, 6) is -0.877. The highest BCUT2D eigenvalue weighted by Crippen LogP contribution is 2.21. The fourth-order valence-corrected chi connectivity index (χ4v) is 2.84. The van der Waals surface area contributed by atoms with Crippen LogP contribution in [0.4, 0.5) is 0 Å². The van der Waals surface area contributed by atoms with Crippen LogP contribution in [0.25, 0.3) is 0 Å². The molecule has 0 unspecified atom stereocenters. The van der Waals surface area contributed by atoms with Gasteiger partial charge in [-0.25, -0.2) is 14.8 Å². The third-order valence-electron chi connectivity index (χ3n) is 4.15. The van der Waals surface area contributed by atoms with E-state index in [9.17, 15) is 14.4 Å². The summed E-state index contributed by atoms with van der Waals surface area (Å²) in [4.78, 5) is 41.1. The van der Waals surface area contributed by atoms with Gasteiger partial charge in [-0.3, -0.25) is 14.6 Å². The molecule has 0 aromatic carbocycles. The van der Waals surface area contributed by atoms with Crippen molar-refractivity contribution in [3.8, 4) is 0 Å². The Labute approximate surface area is 149 Å². The molecule has 0 atom stereocenters. The van der Waals surface area contributed by atoms with Gasteiger partial charge in [0.25, 0.3) is 11.8 Å². The van der Waals surface area contributed by atoms with Crippen LogP contribution in [0.2, 0.25) is 0 Å². The number of methoxy groups -OCH3 is 1. The van der Waals surface area contributed by atoms with E-state index in [-0.39, 0.29) is 17.2 Å². The zero-order chi connectivity index (χ0) is 18.8. The van der Waals surface area contributed by atoms with Gasteiger partial charge in [0.2, 0.25) is 0 Å². The molecule has 0 radical (unpaired) electrons. The third-order valence-corrected chi connectivity index (χ3v) is 4.15. The lowest BCUT2D eigenvalue weighted by atomic mass is 10.2. The first-order valence-corrected chi connectivity index (χ1v) is 8.05. The number of hydrazine groups is 1. The van der Waals surface area contributed by atoms with Crippen molar-refractivity contribution < 1.29 is 23.6 Å². The smallest absolute Gasteiger partial charge is 0.339 e. The summed E-state index contributed by atoms with van der Waals surface area (Å²) in [6.07, 6.45) is 1.93. The van der Waals surface area contributed by atoms with E-state index in [0.29, 0.717) is 36.5 Å². The second-order valence-corrected chi connectivity index (χ2v) is 5.83. The van der Waals surface area contributed by atoms with E-state index in [0.717, 1.165) is 0 Å². The van der Waals surface area contributed by atoms with Crippen molar-refractivity contribution in [1.29, 1.82) is 0 Å². The fraction of sp³-hybridized carbons (Fsp3) is 0.353. The predicted molar refractivity (Wildman–Crippen MR) is 88.2 cm³/mol. The minimum atomic E-state index is -0.534. The number of nitrogens with zero attached hydrogens (tertiary/aromatic N) is 4. The van der Waals surface area contributed by atoms with Crippen LogP contribution in [0.3, 0.4) is 0 Å². The molecular formula is C17H18N4O5. The molecule has 3 rings (SSSR count). The SMILES string of the molecule is COC(=O)c1ccc(C(=O)N2CCCN2C(=O)c2c(C)noc2C)nc1. The van der Waals surface area contributed by atoms with Crippen molar-refractivity contribution in [3.05, 3.63) is 46.6 Å². The predicted octanol–water partition coefficient (Wildman–Crippen LogP) is 1.38. The summed E-state index contributed by atoms with van der Waals surface area (Å²) in [6.45, 7) is 4.14. The number of carbonyl (C=O) groups is 3. The molecule has 9 nitrogen and oxygen atoms in total. The highest BCUT2D eigenvalue weighted by molar-refractivity contribution is 6.00. The van der Waals surface area contributed by atoms with E-state index in [2.05, 4.69) is 14.9 Å². The first kappa shape index (κ1) is 17.6. The molecule has 0 N–H and O–H groups in total. The molecule has 2 aromatic heterocycles. The van der Waals surface area contributed by atoms with Gasteiger partial charge in [0, 0.05) is 19.3 Å². The Morgan fingerprint density at radius 1 is 1.12 bits per heavy atom. The summed E-state index contributed by atoms with van der Waals surface area (Å²) < 4.78 is 9.65. The number of rotatable bonds is 3. The zero-order valence-corrected chi connectivity index (χ0v) is 14.7. The standard InChI is InChI=1S/C17H18N4O5/c1-10-14(11(2)26-19-10)16(23)21-8-4-7-20(21)15(22)13-6-5-12(9-18-13)17(24)25-3/h5-6,9H,4,7-8H2,1-3H3. The molecule has 1 fully saturated rings. The van der Waals surface area contributed by atoms with E-state index in [1.807, 2.05) is 0 Å². The Kier molecular flexibility index (Phi) is 4.70. The van der Waals surface area contributed by atoms with Gasteiger partial charge in [0.15, 0.2) is 0 Å². The van der Waals surface area contributed by atoms with Crippen molar-refractivity contribution in [3.63, 3.8) is 0 Å². The van der Waals surface area contributed by atoms with Crippen molar-refractivity contribution in [2.75, 3.05) is 20.2 Å². The number of esters is 1. The number of ether oxygens (including phenoxy) is 1. The molecule has 0 spiro atoms. The molecule has 1 aliphatic rings. The Hall–Kier alpha value is -3.23. The van der Waals surface area contributed by atoms with E-state index >= 15 is 0 Å². The highest BCUT2D eigenvalue weighted by Gasteiger charge is 2.34. The summed E-state index contributed by atoms with van der Waals surface area (Å²) in [5.41, 5.74) is 1.22. The number of aromatic nitrogens is 2. The first-order chi connectivity index (χ1) is 12.4. The highest BCUT2D eigenvalue weighted by atomic mass is 16.5. The van der Waals surface area contributed by atoms with Crippen LogP contribution in [0, 0.1) is 13.8 Å². The molecule has 1 saturated heterocycles. The molecule has 26 heavy (non-hydrogen) atoms. The van der Waals surface area contributed by atoms with Crippen molar-refractivity contribution in [2.45, 2.75) is 20.3 Å². The van der Waals surface area contributed by atoms with Gasteiger partial charge in [-0.1, -0.05) is 5.16 Å². The Morgan fingerprint density at radius 3 is 2.35 bits per heavy atom. The Morgan fingerprint density at radius 2 is 1.81 bits per heavy atom. The van der Waals surface area contributed by atoms with E-state index in [1.165, 1.54) is 35.5 Å². The molecule has 0 aliphatic carbocycles. The topological polar surface area (TPSA) is 106 Å². The van der Waals surface area contributed by atoms with Crippen LogP contribution in [-0.4, -0.2) is 58.1 Å². The van der Waals surface area contributed by atoms with Gasteiger partial charge in [0.05, 0.1) is 18.4 Å². The van der Waals surface area contributed by atoms with Crippen LogP contribution in [0.1, 0.15) is 49.1 Å². The van der Waals surface area contributed by atoms with Gasteiger partial charge in [-0.2, -0.15) is 0 Å². The largest absolute Gasteiger partial charge is 0.465 e. The molecule has 0 bridgehead atoms. The van der Waals surface area contributed by atoms with Crippen LogP contribution < -0.4 is 0 Å². The molecular weight excluding hydrogens is 340 g/mol. The molecule has 2 aromatic rings. The monoisotopic (exact) mass is 358 g/mol. The van der Waals surface area contributed by atoms with Crippen LogP contribution in [0.15, 0.2) is 22.9 Å². The maximum absolute atomic E-state index is 12.8. The van der Waals surface area contributed by atoms with Gasteiger partial charge in [-0.05, 0) is 32.4 Å². The van der Waals surface area contributed by atoms with Crippen molar-refractivity contribution in [2.24, 2.45) is 0 Å². The lowest BCUT2D eigenvalue weighted by Gasteiger charge is -2.27. The maximum atomic E-state index is 12.8. The summed E-state index contributed by atoms with van der Waals surface area (Å²) in [7, 11) is 1.27. The zero-order valence-electron chi connectivity index (χ0n) is 14.7. The van der Waals surface area contributed by atoms with E-state index in [1.54, 1.807) is 13.8 Å². The minimum Gasteiger partial charge on any atom is -0.465 e. The van der Waals surface area contributed by atoms with E-state index in [4.69, 9.17) is 4.52 Å². The van der Waals surface area contributed by atoms with Gasteiger partial charge in [0.1, 0.15) is 17.0 Å². The number of hydrogen-bond donors (Lipinski definition) is 0. The Balaban J connectivity index is 1.82. The minimum absolute atomic E-state index is 0.135. The van der Waals surface area contributed by atoms with Crippen molar-refractivity contribution >= 4 is 17.8 Å². The maximum Gasteiger partial charge on any atom is 0.339 e. The normalized spacial score (nSPS) is 13.8. The average Bonchev–Trinajstić information content (AvgIpc) is 3.27. The number of pyridine rings is 1. The lowest BCUT2D eigenvalue weighted by molar-refractivity contribution is 0.0180. The van der Waals surface area contributed by atoms with E-state index < -0.39 is 11.9 Å². The summed E-state index contributed by atoms with van der Waals surface area (Å²) in [5, 5.41) is 6.52. The average molecular weight is 358 g/mol. The molecule has 2 amide bonds.